The molecule has 0 heterocycles. The van der Waals surface area contributed by atoms with Crippen molar-refractivity contribution in [3.8, 4) is 0 Å². The molecule has 2 amide bonds. The number of hydrogen-bond donors (Lipinski definition) is 2. The van der Waals surface area contributed by atoms with Crippen LogP contribution in [0.5, 0.6) is 0 Å². The van der Waals surface area contributed by atoms with Crippen molar-refractivity contribution in [2.45, 2.75) is 25.5 Å². The second-order valence-corrected chi connectivity index (χ2v) is 6.69. The summed E-state index contributed by atoms with van der Waals surface area (Å²) in [5.74, 6) is -1.01. The number of primary amides is 1. The number of urea groups is 1. The van der Waals surface area contributed by atoms with Crippen LogP contribution < -0.4 is 11.1 Å². The number of esters is 1. The number of Topliss-reactive ketones (excluding diaryl/α,β-unsaturated/α-hetero) is 1. The van der Waals surface area contributed by atoms with Crippen molar-refractivity contribution < 1.29 is 19.1 Å². The average molecular weight is 409 g/mol. The highest BCUT2D eigenvalue weighted by Crippen LogP contribution is 2.21. The van der Waals surface area contributed by atoms with Gasteiger partial charge in [-0.15, -0.1) is 0 Å². The smallest absolute Gasteiger partial charge is 0.312 e. The Balaban J connectivity index is 2.03. The van der Waals surface area contributed by atoms with E-state index in [1.807, 2.05) is 0 Å². The van der Waals surface area contributed by atoms with Crippen LogP contribution in [0.3, 0.4) is 0 Å². The summed E-state index contributed by atoms with van der Waals surface area (Å²) in [4.78, 5) is 35.8. The first-order valence-corrected chi connectivity index (χ1v) is 8.82. The second-order valence-electron chi connectivity index (χ2n) is 5.82. The average Bonchev–Trinajstić information content (AvgIpc) is 2.61. The highest BCUT2D eigenvalue weighted by molar-refractivity contribution is 6.30. The van der Waals surface area contributed by atoms with Gasteiger partial charge in [0.05, 0.1) is 12.5 Å². The molecule has 0 aliphatic rings. The number of carbonyl (C=O) groups excluding carboxylic acids is 3. The maximum atomic E-state index is 12.3. The Morgan fingerprint density at radius 2 is 1.52 bits per heavy atom. The maximum absolute atomic E-state index is 12.3. The lowest BCUT2D eigenvalue weighted by atomic mass is 10.0. The highest BCUT2D eigenvalue weighted by atomic mass is 35.5. The minimum Gasteiger partial charge on any atom is -0.454 e. The van der Waals surface area contributed by atoms with Crippen molar-refractivity contribution in [3.63, 3.8) is 0 Å². The minimum absolute atomic E-state index is 0.192. The van der Waals surface area contributed by atoms with Crippen LogP contribution >= 0.6 is 23.2 Å². The molecule has 142 valence electrons. The van der Waals surface area contributed by atoms with Gasteiger partial charge in [0.1, 0.15) is 0 Å². The molecule has 0 aromatic heterocycles. The van der Waals surface area contributed by atoms with Crippen LogP contribution in [0.1, 0.15) is 35.3 Å². The Morgan fingerprint density at radius 1 is 1.00 bits per heavy atom. The SMILES string of the molecule is C[C@H](OC(=O)C[C@H](NC(N)=O)c1ccc(Cl)cc1)C(=O)c1ccc(Cl)cc1. The van der Waals surface area contributed by atoms with Gasteiger partial charge >= 0.3 is 12.0 Å². The van der Waals surface area contributed by atoms with Crippen LogP contribution in [-0.4, -0.2) is 23.9 Å². The molecule has 0 spiro atoms. The van der Waals surface area contributed by atoms with Gasteiger partial charge in [-0.05, 0) is 48.9 Å². The molecule has 2 aromatic rings. The summed E-state index contributed by atoms with van der Waals surface area (Å²) in [5.41, 5.74) is 6.19. The van der Waals surface area contributed by atoms with Crippen LogP contribution in [0.4, 0.5) is 4.79 Å². The normalized spacial score (nSPS) is 12.7. The molecule has 0 unspecified atom stereocenters. The number of carbonyl (C=O) groups is 3. The van der Waals surface area contributed by atoms with E-state index >= 15 is 0 Å². The van der Waals surface area contributed by atoms with Crippen molar-refractivity contribution >= 4 is 41.0 Å². The monoisotopic (exact) mass is 408 g/mol. The first-order chi connectivity index (χ1) is 12.8. The maximum Gasteiger partial charge on any atom is 0.312 e. The molecule has 6 nitrogen and oxygen atoms in total. The largest absolute Gasteiger partial charge is 0.454 e. The van der Waals surface area contributed by atoms with E-state index in [9.17, 15) is 14.4 Å². The Labute approximate surface area is 166 Å². The van der Waals surface area contributed by atoms with Crippen LogP contribution in [0, 0.1) is 0 Å². The summed E-state index contributed by atoms with van der Waals surface area (Å²) in [5, 5.41) is 3.50. The van der Waals surface area contributed by atoms with Gasteiger partial charge < -0.3 is 15.8 Å². The van der Waals surface area contributed by atoms with E-state index < -0.39 is 24.1 Å². The standard InChI is InChI=1S/C19H18Cl2N2O4/c1-11(18(25)13-4-8-15(21)9-5-13)27-17(24)10-16(23-19(22)26)12-2-6-14(20)7-3-12/h2-9,11,16H,10H2,1H3,(H3,22,23,26)/t11-,16-/m0/s1. The summed E-state index contributed by atoms with van der Waals surface area (Å²) in [6, 6.07) is 11.4. The summed E-state index contributed by atoms with van der Waals surface area (Å²) in [7, 11) is 0. The second kappa shape index (κ2) is 9.39. The number of ketones is 1. The molecule has 0 saturated carbocycles. The fourth-order valence-corrected chi connectivity index (χ4v) is 2.69. The number of amides is 2. The molecule has 27 heavy (non-hydrogen) atoms. The number of nitrogens with one attached hydrogen (secondary N) is 1. The number of benzene rings is 2. The van der Waals surface area contributed by atoms with Gasteiger partial charge in [-0.1, -0.05) is 35.3 Å². The fraction of sp³-hybridized carbons (Fsp3) is 0.211. The number of hydrogen-bond acceptors (Lipinski definition) is 4. The summed E-state index contributed by atoms with van der Waals surface area (Å²) < 4.78 is 5.21. The fourth-order valence-electron chi connectivity index (χ4n) is 2.43. The molecule has 8 heteroatoms. The van der Waals surface area contributed by atoms with E-state index in [0.717, 1.165) is 0 Å². The summed E-state index contributed by atoms with van der Waals surface area (Å²) in [6.07, 6.45) is -1.18. The Kier molecular flexibility index (Phi) is 7.21. The number of ether oxygens (including phenoxy) is 1. The molecule has 2 aromatic carbocycles. The van der Waals surface area contributed by atoms with Gasteiger partial charge in [-0.3, -0.25) is 9.59 Å². The van der Waals surface area contributed by atoms with Crippen molar-refractivity contribution in [1.82, 2.24) is 5.32 Å². The van der Waals surface area contributed by atoms with E-state index in [0.29, 0.717) is 21.2 Å². The van der Waals surface area contributed by atoms with Crippen molar-refractivity contribution in [2.24, 2.45) is 5.73 Å². The van der Waals surface area contributed by atoms with Crippen molar-refractivity contribution in [1.29, 1.82) is 0 Å². The molecular formula is C19H18Cl2N2O4. The predicted molar refractivity (Wildman–Crippen MR) is 103 cm³/mol. The van der Waals surface area contributed by atoms with Crippen LogP contribution in [0.25, 0.3) is 0 Å². The van der Waals surface area contributed by atoms with Crippen molar-refractivity contribution in [3.05, 3.63) is 69.7 Å². The topological polar surface area (TPSA) is 98.5 Å². The lowest BCUT2D eigenvalue weighted by Crippen LogP contribution is -2.35. The summed E-state index contributed by atoms with van der Waals surface area (Å²) in [6.45, 7) is 1.48. The van der Waals surface area contributed by atoms with Gasteiger partial charge in [0.2, 0.25) is 5.78 Å². The molecular weight excluding hydrogens is 391 g/mol. The van der Waals surface area contributed by atoms with Crippen molar-refractivity contribution in [2.75, 3.05) is 0 Å². The molecule has 0 aliphatic carbocycles. The third-order valence-electron chi connectivity index (χ3n) is 3.77. The van der Waals surface area contributed by atoms with E-state index in [1.165, 1.54) is 6.92 Å². The zero-order valence-electron chi connectivity index (χ0n) is 14.4. The van der Waals surface area contributed by atoms with Gasteiger partial charge in [0.25, 0.3) is 0 Å². The Hall–Kier alpha value is -2.57. The molecule has 2 rings (SSSR count). The number of rotatable bonds is 7. The summed E-state index contributed by atoms with van der Waals surface area (Å²) >= 11 is 11.6. The molecule has 3 N–H and O–H groups in total. The van der Waals surface area contributed by atoms with Crippen LogP contribution in [-0.2, 0) is 9.53 Å². The molecule has 2 atom stereocenters. The van der Waals surface area contributed by atoms with E-state index in [4.69, 9.17) is 33.7 Å². The quantitative estimate of drug-likeness (QED) is 0.535. The van der Waals surface area contributed by atoms with Gasteiger partial charge in [0.15, 0.2) is 6.10 Å². The number of halogens is 2. The molecule has 0 radical (unpaired) electrons. The lowest BCUT2D eigenvalue weighted by molar-refractivity contribution is -0.146. The zero-order chi connectivity index (χ0) is 20.0. The molecule has 0 bridgehead atoms. The van der Waals surface area contributed by atoms with Gasteiger partial charge in [-0.25, -0.2) is 4.79 Å². The van der Waals surface area contributed by atoms with E-state index in [-0.39, 0.29) is 12.2 Å². The lowest BCUT2D eigenvalue weighted by Gasteiger charge is -2.19. The first kappa shape index (κ1) is 20.7. The van der Waals surface area contributed by atoms with Crippen LogP contribution in [0.15, 0.2) is 48.5 Å². The third kappa shape index (κ3) is 6.27. The highest BCUT2D eigenvalue weighted by Gasteiger charge is 2.23. The van der Waals surface area contributed by atoms with Gasteiger partial charge in [0, 0.05) is 15.6 Å². The molecule has 0 fully saturated rings. The van der Waals surface area contributed by atoms with E-state index in [2.05, 4.69) is 5.32 Å². The van der Waals surface area contributed by atoms with E-state index in [1.54, 1.807) is 48.5 Å². The first-order valence-electron chi connectivity index (χ1n) is 8.07. The number of nitrogens with two attached hydrogens (primary N) is 1. The van der Waals surface area contributed by atoms with Gasteiger partial charge in [-0.2, -0.15) is 0 Å². The Bertz CT molecular complexity index is 823. The molecule has 0 aliphatic heterocycles. The van der Waals surface area contributed by atoms with Crippen LogP contribution in [0.2, 0.25) is 10.0 Å². The zero-order valence-corrected chi connectivity index (χ0v) is 16.0. The molecule has 0 saturated heterocycles. The Morgan fingerprint density at radius 3 is 2.04 bits per heavy atom. The third-order valence-corrected chi connectivity index (χ3v) is 4.27. The minimum atomic E-state index is -0.988. The predicted octanol–water partition coefficient (Wildman–Crippen LogP) is 3.91.